The molecule has 0 aliphatic carbocycles. The molecule has 3 aromatic rings. The van der Waals surface area contributed by atoms with Crippen molar-refractivity contribution in [1.29, 1.82) is 0 Å². The zero-order chi connectivity index (χ0) is 40.0. The van der Waals surface area contributed by atoms with Crippen molar-refractivity contribution in [1.82, 2.24) is 14.5 Å². The maximum atomic E-state index is 13.7. The number of benzene rings is 3. The molecule has 3 aromatic carbocycles. The number of nitrogens with one attached hydrogen (secondary N) is 2. The third kappa shape index (κ3) is 11.2. The number of carbonyl (C=O) groups is 3. The molecule has 54 heavy (non-hydrogen) atoms. The van der Waals surface area contributed by atoms with Crippen molar-refractivity contribution < 1.29 is 41.1 Å². The Hall–Kier alpha value is -4.13. The third-order valence-electron chi connectivity index (χ3n) is 8.23. The van der Waals surface area contributed by atoms with Crippen molar-refractivity contribution in [2.24, 2.45) is 0 Å². The van der Waals surface area contributed by atoms with Crippen LogP contribution in [-0.4, -0.2) is 120 Å². The first-order chi connectivity index (χ1) is 25.2. The molecular weight excluding hydrogens is 783 g/mol. The normalized spacial score (nSPS) is 14.0. The van der Waals surface area contributed by atoms with E-state index in [4.69, 9.17) is 27.9 Å². The molecule has 1 aliphatic heterocycles. The Kier molecular flexibility index (Phi) is 13.9. The molecule has 3 N–H and O–H groups in total. The number of carbonyl (C=O) groups excluding carboxylic acids is 3. The molecule has 4 rings (SSSR count). The third-order valence-corrected chi connectivity index (χ3v) is 11.8. The predicted molar refractivity (Wildman–Crippen MR) is 209 cm³/mol. The summed E-state index contributed by atoms with van der Waals surface area (Å²) in [7, 11) is -6.47. The van der Waals surface area contributed by atoms with Crippen LogP contribution in [0.25, 0.3) is 0 Å². The molecule has 1 fully saturated rings. The van der Waals surface area contributed by atoms with Gasteiger partial charge in [0.15, 0.2) is 0 Å². The maximum Gasteiger partial charge on any atom is 0.407 e. The number of aliphatic hydroxyl groups excluding tert-OH is 1. The smallest absolute Gasteiger partial charge is 0.407 e. The van der Waals surface area contributed by atoms with Crippen LogP contribution in [0, 0.1) is 0 Å². The van der Waals surface area contributed by atoms with E-state index >= 15 is 0 Å². The summed E-state index contributed by atoms with van der Waals surface area (Å²) < 4.78 is 59.5. The van der Waals surface area contributed by atoms with Gasteiger partial charge in [0.05, 0.1) is 29.0 Å². The van der Waals surface area contributed by atoms with E-state index in [1.165, 1.54) is 58.7 Å². The van der Waals surface area contributed by atoms with Gasteiger partial charge in [-0.25, -0.2) is 21.6 Å². The highest BCUT2D eigenvalue weighted by molar-refractivity contribution is 7.92. The second-order valence-electron chi connectivity index (χ2n) is 13.4. The lowest BCUT2D eigenvalue weighted by Gasteiger charge is -2.35. The van der Waals surface area contributed by atoms with E-state index in [-0.39, 0.29) is 66.7 Å². The second kappa shape index (κ2) is 17.6. The Morgan fingerprint density at radius 3 is 2.06 bits per heavy atom. The number of aliphatic hydroxyl groups is 1. The largest absolute Gasteiger partial charge is 0.444 e. The highest BCUT2D eigenvalue weighted by Gasteiger charge is 2.29. The lowest BCUT2D eigenvalue weighted by Crippen LogP contribution is -2.48. The van der Waals surface area contributed by atoms with Crippen LogP contribution in [0.2, 0.25) is 10.0 Å². The number of nitrogens with zero attached hydrogens (tertiary/aromatic N) is 4. The standard InChI is InChI=1S/C35H44Cl2N6O9S2/c1-35(2,3)52-34(47)38-12-13-42(18-19-44)33(46)24-6-11-31(40(4)53(5,48)49)30(20-24)32(45)39-27-7-9-29(10-8-27)54(50,51)43-16-14-41(15-17-43)28-22-25(36)21-26(37)23-28/h6-11,20-23,44H,12-19H2,1-5H3,(H,38,47)(H,39,45). The molecule has 0 spiro atoms. The van der Waals surface area contributed by atoms with E-state index in [1.54, 1.807) is 39.0 Å². The Balaban J connectivity index is 1.50. The number of rotatable bonds is 13. The van der Waals surface area contributed by atoms with Gasteiger partial charge in [0, 0.05) is 79.8 Å². The minimum atomic E-state index is -3.89. The zero-order valence-electron chi connectivity index (χ0n) is 30.5. The van der Waals surface area contributed by atoms with Crippen LogP contribution in [0.15, 0.2) is 65.6 Å². The minimum Gasteiger partial charge on any atom is -0.444 e. The molecule has 1 saturated heterocycles. The fourth-order valence-electron chi connectivity index (χ4n) is 5.50. The maximum absolute atomic E-state index is 13.7. The van der Waals surface area contributed by atoms with Crippen LogP contribution in [0.3, 0.4) is 0 Å². The number of alkyl carbamates (subject to hydrolysis) is 1. The van der Waals surface area contributed by atoms with Gasteiger partial charge in [-0.2, -0.15) is 4.31 Å². The first-order valence-corrected chi connectivity index (χ1v) is 20.8. The summed E-state index contributed by atoms with van der Waals surface area (Å²) in [5, 5.41) is 15.8. The van der Waals surface area contributed by atoms with Crippen molar-refractivity contribution in [3.05, 3.63) is 81.8 Å². The van der Waals surface area contributed by atoms with Crippen LogP contribution in [-0.2, 0) is 24.8 Å². The van der Waals surface area contributed by atoms with E-state index < -0.39 is 43.6 Å². The van der Waals surface area contributed by atoms with Gasteiger partial charge in [-0.1, -0.05) is 23.2 Å². The average Bonchev–Trinajstić information content (AvgIpc) is 3.09. The van der Waals surface area contributed by atoms with Crippen molar-refractivity contribution in [2.75, 3.05) is 80.2 Å². The zero-order valence-corrected chi connectivity index (χ0v) is 33.6. The molecule has 19 heteroatoms. The number of hydrogen-bond donors (Lipinski definition) is 3. The number of hydrogen-bond acceptors (Lipinski definition) is 10. The highest BCUT2D eigenvalue weighted by Crippen LogP contribution is 2.29. The average molecular weight is 828 g/mol. The first-order valence-electron chi connectivity index (χ1n) is 16.8. The first kappa shape index (κ1) is 42.6. The number of sulfonamides is 2. The number of ether oxygens (including phenoxy) is 1. The van der Waals surface area contributed by atoms with Gasteiger partial charge in [-0.05, 0) is 81.4 Å². The highest BCUT2D eigenvalue weighted by atomic mass is 35.5. The summed E-state index contributed by atoms with van der Waals surface area (Å²) in [6.45, 7) is 5.89. The summed E-state index contributed by atoms with van der Waals surface area (Å²) in [6, 6.07) is 14.6. The van der Waals surface area contributed by atoms with Crippen LogP contribution < -0.4 is 19.8 Å². The molecule has 15 nitrogen and oxygen atoms in total. The summed E-state index contributed by atoms with van der Waals surface area (Å²) >= 11 is 12.3. The molecule has 0 unspecified atom stereocenters. The molecule has 0 aromatic heterocycles. The Bertz CT molecular complexity index is 2050. The lowest BCUT2D eigenvalue weighted by atomic mass is 10.1. The molecule has 1 heterocycles. The minimum absolute atomic E-state index is 0.00313. The van der Waals surface area contributed by atoms with Gasteiger partial charge in [0.2, 0.25) is 20.0 Å². The lowest BCUT2D eigenvalue weighted by molar-refractivity contribution is 0.0510. The van der Waals surface area contributed by atoms with Gasteiger partial charge < -0.3 is 30.3 Å². The van der Waals surface area contributed by atoms with Gasteiger partial charge in [0.25, 0.3) is 11.8 Å². The van der Waals surface area contributed by atoms with Crippen LogP contribution in [0.5, 0.6) is 0 Å². The molecule has 0 saturated carbocycles. The summed E-state index contributed by atoms with van der Waals surface area (Å²) in [5.74, 6) is -1.37. The van der Waals surface area contributed by atoms with Gasteiger partial charge >= 0.3 is 6.09 Å². The van der Waals surface area contributed by atoms with Crippen LogP contribution >= 0.6 is 23.2 Å². The Morgan fingerprint density at radius 1 is 0.889 bits per heavy atom. The number of halogens is 2. The van der Waals surface area contributed by atoms with Crippen LogP contribution in [0.4, 0.5) is 21.9 Å². The van der Waals surface area contributed by atoms with E-state index in [9.17, 15) is 36.3 Å². The van der Waals surface area contributed by atoms with Crippen molar-refractivity contribution in [3.63, 3.8) is 0 Å². The fraction of sp³-hybridized carbons (Fsp3) is 0.400. The molecule has 294 valence electrons. The van der Waals surface area contributed by atoms with E-state index in [2.05, 4.69) is 10.6 Å². The Labute approximate surface area is 325 Å². The van der Waals surface area contributed by atoms with Gasteiger partial charge in [0.1, 0.15) is 5.60 Å². The van der Waals surface area contributed by atoms with Crippen molar-refractivity contribution in [2.45, 2.75) is 31.3 Å². The summed E-state index contributed by atoms with van der Waals surface area (Å²) in [6.07, 6.45) is 0.274. The van der Waals surface area contributed by atoms with Gasteiger partial charge in [-0.15, -0.1) is 0 Å². The number of anilines is 3. The van der Waals surface area contributed by atoms with Crippen molar-refractivity contribution >= 4 is 78.2 Å². The summed E-state index contributed by atoms with van der Waals surface area (Å²) in [5.41, 5.74) is 0.0947. The summed E-state index contributed by atoms with van der Waals surface area (Å²) in [4.78, 5) is 42.6. The van der Waals surface area contributed by atoms with Crippen LogP contribution in [0.1, 0.15) is 41.5 Å². The molecular formula is C35H44Cl2N6O9S2. The molecule has 0 radical (unpaired) electrons. The number of amides is 3. The Morgan fingerprint density at radius 2 is 1.50 bits per heavy atom. The fourth-order valence-corrected chi connectivity index (χ4v) is 7.95. The predicted octanol–water partition coefficient (Wildman–Crippen LogP) is 4.11. The van der Waals surface area contributed by atoms with E-state index in [1.807, 2.05) is 4.90 Å². The van der Waals surface area contributed by atoms with Crippen molar-refractivity contribution in [3.8, 4) is 0 Å². The SMILES string of the molecule is CN(c1ccc(C(=O)N(CCO)CCNC(=O)OC(C)(C)C)cc1C(=O)Nc1ccc(S(=O)(=O)N2CCN(c3cc(Cl)cc(Cl)c3)CC2)cc1)S(C)(=O)=O. The molecule has 0 atom stereocenters. The van der Waals surface area contributed by atoms with E-state index in [0.717, 1.165) is 16.2 Å². The second-order valence-corrected chi connectivity index (χ2v) is 18.2. The topological polar surface area (TPSA) is 186 Å². The molecule has 3 amide bonds. The van der Waals surface area contributed by atoms with Gasteiger partial charge in [-0.3, -0.25) is 13.9 Å². The monoisotopic (exact) mass is 826 g/mol. The molecule has 1 aliphatic rings. The van der Waals surface area contributed by atoms with E-state index in [0.29, 0.717) is 23.1 Å². The number of piperazine rings is 1. The molecule has 0 bridgehead atoms. The quantitative estimate of drug-likeness (QED) is 0.227.